The monoisotopic (exact) mass is 236 g/mol. The third-order valence-corrected chi connectivity index (χ3v) is 2.93. The van der Waals surface area contributed by atoms with E-state index >= 15 is 0 Å². The van der Waals surface area contributed by atoms with Gasteiger partial charge in [-0.25, -0.2) is 9.97 Å². The summed E-state index contributed by atoms with van der Waals surface area (Å²) in [7, 11) is 1.68. The van der Waals surface area contributed by atoms with Gasteiger partial charge in [0.2, 0.25) is 0 Å². The molecule has 88 valence electrons. The summed E-state index contributed by atoms with van der Waals surface area (Å²) in [5, 5.41) is 2.33. The molecule has 1 aromatic heterocycles. The predicted octanol–water partition coefficient (Wildman–Crippen LogP) is 3.31. The predicted molar refractivity (Wildman–Crippen MR) is 71.5 cm³/mol. The zero-order valence-electron chi connectivity index (χ0n) is 10.00. The van der Waals surface area contributed by atoms with Crippen molar-refractivity contribution < 1.29 is 4.74 Å². The van der Waals surface area contributed by atoms with Crippen LogP contribution in [0.1, 0.15) is 0 Å². The van der Waals surface area contributed by atoms with Crippen molar-refractivity contribution in [2.75, 3.05) is 7.11 Å². The van der Waals surface area contributed by atoms with Crippen LogP contribution < -0.4 is 4.74 Å². The van der Waals surface area contributed by atoms with Crippen LogP contribution in [0.25, 0.3) is 22.0 Å². The zero-order chi connectivity index (χ0) is 12.4. The molecule has 0 bridgehead atoms. The first-order valence-electron chi connectivity index (χ1n) is 5.71. The van der Waals surface area contributed by atoms with Gasteiger partial charge in [0, 0.05) is 11.8 Å². The third kappa shape index (κ3) is 1.91. The van der Waals surface area contributed by atoms with Gasteiger partial charge in [0.15, 0.2) is 0 Å². The second-order valence-electron chi connectivity index (χ2n) is 4.02. The van der Waals surface area contributed by atoms with Crippen molar-refractivity contribution in [3.05, 3.63) is 55.0 Å². The Morgan fingerprint density at radius 3 is 2.56 bits per heavy atom. The molecule has 2 aromatic carbocycles. The summed E-state index contributed by atoms with van der Waals surface area (Å²) in [6.45, 7) is 0. The molecule has 0 N–H and O–H groups in total. The van der Waals surface area contributed by atoms with Crippen LogP contribution in [0.3, 0.4) is 0 Å². The number of hydrogen-bond acceptors (Lipinski definition) is 3. The summed E-state index contributed by atoms with van der Waals surface area (Å²) in [5.41, 5.74) is 2.03. The fourth-order valence-electron chi connectivity index (χ4n) is 1.97. The van der Waals surface area contributed by atoms with E-state index in [0.717, 1.165) is 22.4 Å². The highest BCUT2D eigenvalue weighted by Crippen LogP contribution is 2.25. The molecule has 3 heteroatoms. The minimum atomic E-state index is 0.872. The molecule has 3 rings (SSSR count). The molecule has 1 heterocycles. The standard InChI is InChI=1S/C15H12N2O/c1-18-14-5-4-11-8-13(3-2-12(11)9-14)15-6-7-16-10-17-15/h2-10H,1H3. The van der Waals surface area contributed by atoms with E-state index in [4.69, 9.17) is 4.74 Å². The highest BCUT2D eigenvalue weighted by Gasteiger charge is 2.01. The first-order chi connectivity index (χ1) is 8.86. The van der Waals surface area contributed by atoms with Gasteiger partial charge >= 0.3 is 0 Å². The Balaban J connectivity index is 2.12. The molecule has 0 fully saturated rings. The summed E-state index contributed by atoms with van der Waals surface area (Å²) in [4.78, 5) is 8.18. The molecular formula is C15H12N2O. The van der Waals surface area contributed by atoms with Gasteiger partial charge in [-0.05, 0) is 35.0 Å². The number of aromatic nitrogens is 2. The maximum atomic E-state index is 5.22. The van der Waals surface area contributed by atoms with Crippen molar-refractivity contribution in [1.29, 1.82) is 0 Å². The minimum absolute atomic E-state index is 0.872. The van der Waals surface area contributed by atoms with E-state index in [9.17, 15) is 0 Å². The number of methoxy groups -OCH3 is 1. The van der Waals surface area contributed by atoms with Gasteiger partial charge in [-0.2, -0.15) is 0 Å². The van der Waals surface area contributed by atoms with Crippen molar-refractivity contribution in [1.82, 2.24) is 9.97 Å². The van der Waals surface area contributed by atoms with Crippen molar-refractivity contribution in [2.24, 2.45) is 0 Å². The Morgan fingerprint density at radius 1 is 0.944 bits per heavy atom. The van der Waals surface area contributed by atoms with Crippen LogP contribution in [0.4, 0.5) is 0 Å². The van der Waals surface area contributed by atoms with Crippen LogP contribution in [-0.4, -0.2) is 17.1 Å². The molecule has 0 aliphatic carbocycles. The third-order valence-electron chi connectivity index (χ3n) is 2.93. The van der Waals surface area contributed by atoms with E-state index in [2.05, 4.69) is 34.2 Å². The Bertz CT molecular complexity index is 680. The number of rotatable bonds is 2. The van der Waals surface area contributed by atoms with Crippen molar-refractivity contribution >= 4 is 10.8 Å². The normalized spacial score (nSPS) is 10.5. The van der Waals surface area contributed by atoms with E-state index in [1.54, 1.807) is 19.6 Å². The molecule has 0 spiro atoms. The van der Waals surface area contributed by atoms with Crippen LogP contribution >= 0.6 is 0 Å². The average molecular weight is 236 g/mol. The van der Waals surface area contributed by atoms with Gasteiger partial charge in [0.05, 0.1) is 12.8 Å². The lowest BCUT2D eigenvalue weighted by Crippen LogP contribution is -1.85. The molecule has 0 aliphatic rings. The van der Waals surface area contributed by atoms with Gasteiger partial charge < -0.3 is 4.74 Å². The Labute approximate surface area is 105 Å². The fourth-order valence-corrected chi connectivity index (χ4v) is 1.97. The summed E-state index contributed by atoms with van der Waals surface area (Å²) in [6, 6.07) is 14.2. The zero-order valence-corrected chi connectivity index (χ0v) is 10.00. The summed E-state index contributed by atoms with van der Waals surface area (Å²) < 4.78 is 5.22. The van der Waals surface area contributed by atoms with Crippen molar-refractivity contribution in [3.63, 3.8) is 0 Å². The quantitative estimate of drug-likeness (QED) is 0.684. The summed E-state index contributed by atoms with van der Waals surface area (Å²) >= 11 is 0. The molecule has 0 aliphatic heterocycles. The van der Waals surface area contributed by atoms with Crippen LogP contribution in [0.5, 0.6) is 5.75 Å². The molecule has 0 atom stereocenters. The first-order valence-corrected chi connectivity index (χ1v) is 5.71. The number of hydrogen-bond donors (Lipinski definition) is 0. The smallest absolute Gasteiger partial charge is 0.119 e. The van der Waals surface area contributed by atoms with E-state index < -0.39 is 0 Å². The van der Waals surface area contributed by atoms with Crippen molar-refractivity contribution in [2.45, 2.75) is 0 Å². The van der Waals surface area contributed by atoms with Crippen LogP contribution in [0.15, 0.2) is 55.0 Å². The largest absolute Gasteiger partial charge is 0.497 e. The number of benzene rings is 2. The minimum Gasteiger partial charge on any atom is -0.497 e. The van der Waals surface area contributed by atoms with E-state index in [0.29, 0.717) is 0 Å². The van der Waals surface area contributed by atoms with Crippen LogP contribution in [-0.2, 0) is 0 Å². The number of fused-ring (bicyclic) bond motifs is 1. The number of ether oxygens (including phenoxy) is 1. The summed E-state index contributed by atoms with van der Waals surface area (Å²) in [6.07, 6.45) is 3.31. The highest BCUT2D eigenvalue weighted by atomic mass is 16.5. The molecular weight excluding hydrogens is 224 g/mol. The SMILES string of the molecule is COc1ccc2cc(-c3ccncn3)ccc2c1. The molecule has 0 saturated carbocycles. The van der Waals surface area contributed by atoms with Gasteiger partial charge in [0.25, 0.3) is 0 Å². The molecule has 3 nitrogen and oxygen atoms in total. The lowest BCUT2D eigenvalue weighted by Gasteiger charge is -2.05. The highest BCUT2D eigenvalue weighted by molar-refractivity contribution is 5.87. The van der Waals surface area contributed by atoms with E-state index in [1.165, 1.54) is 5.39 Å². The molecule has 0 saturated heterocycles. The molecule has 3 aromatic rings. The molecule has 0 amide bonds. The summed E-state index contributed by atoms with van der Waals surface area (Å²) in [5.74, 6) is 0.872. The second-order valence-corrected chi connectivity index (χ2v) is 4.02. The first kappa shape index (κ1) is 10.7. The molecule has 0 radical (unpaired) electrons. The van der Waals surface area contributed by atoms with E-state index in [-0.39, 0.29) is 0 Å². The molecule has 18 heavy (non-hydrogen) atoms. The molecule has 0 unspecified atom stereocenters. The van der Waals surface area contributed by atoms with Crippen LogP contribution in [0.2, 0.25) is 0 Å². The average Bonchev–Trinajstić information content (AvgIpc) is 2.47. The topological polar surface area (TPSA) is 35.0 Å². The van der Waals surface area contributed by atoms with Crippen molar-refractivity contribution in [3.8, 4) is 17.0 Å². The number of nitrogens with zero attached hydrogens (tertiary/aromatic N) is 2. The van der Waals surface area contributed by atoms with E-state index in [1.807, 2.05) is 18.2 Å². The van der Waals surface area contributed by atoms with Gasteiger partial charge in [-0.3, -0.25) is 0 Å². The van der Waals surface area contributed by atoms with Gasteiger partial charge in [0.1, 0.15) is 12.1 Å². The lowest BCUT2D eigenvalue weighted by atomic mass is 10.0. The fraction of sp³-hybridized carbons (Fsp3) is 0.0667. The lowest BCUT2D eigenvalue weighted by molar-refractivity contribution is 0.415. The van der Waals surface area contributed by atoms with Gasteiger partial charge in [-0.1, -0.05) is 18.2 Å². The maximum absolute atomic E-state index is 5.22. The van der Waals surface area contributed by atoms with Crippen LogP contribution in [0, 0.1) is 0 Å². The second kappa shape index (κ2) is 4.45. The Kier molecular flexibility index (Phi) is 2.65. The maximum Gasteiger partial charge on any atom is 0.119 e. The van der Waals surface area contributed by atoms with Gasteiger partial charge in [-0.15, -0.1) is 0 Å². The Hall–Kier alpha value is -2.42. The Morgan fingerprint density at radius 2 is 1.78 bits per heavy atom.